The molecule has 2 atom stereocenters. The molecular formula is C12H22N2O2. The van der Waals surface area contributed by atoms with Crippen molar-refractivity contribution in [3.8, 4) is 0 Å². The second-order valence-electron chi connectivity index (χ2n) is 5.51. The Labute approximate surface area is 97.1 Å². The van der Waals surface area contributed by atoms with E-state index < -0.39 is 5.41 Å². The summed E-state index contributed by atoms with van der Waals surface area (Å²) in [6.07, 6.45) is 2.22. The van der Waals surface area contributed by atoms with Crippen LogP contribution in [0.15, 0.2) is 0 Å². The van der Waals surface area contributed by atoms with Gasteiger partial charge in [-0.25, -0.2) is 0 Å². The summed E-state index contributed by atoms with van der Waals surface area (Å²) < 4.78 is 5.33. The van der Waals surface area contributed by atoms with E-state index in [9.17, 15) is 4.79 Å². The lowest BCUT2D eigenvalue weighted by Crippen LogP contribution is -2.53. The molecule has 0 aromatic carbocycles. The van der Waals surface area contributed by atoms with Gasteiger partial charge in [0.1, 0.15) is 0 Å². The maximum absolute atomic E-state index is 12.4. The molecule has 2 unspecified atom stereocenters. The van der Waals surface area contributed by atoms with Crippen LogP contribution in [-0.2, 0) is 9.53 Å². The predicted molar refractivity (Wildman–Crippen MR) is 61.9 cm³/mol. The van der Waals surface area contributed by atoms with Crippen molar-refractivity contribution in [3.05, 3.63) is 0 Å². The summed E-state index contributed by atoms with van der Waals surface area (Å²) in [5.74, 6) is 0.926. The van der Waals surface area contributed by atoms with Gasteiger partial charge in [0.2, 0.25) is 5.91 Å². The maximum atomic E-state index is 12.4. The highest BCUT2D eigenvalue weighted by atomic mass is 16.5. The third-order valence-electron chi connectivity index (χ3n) is 4.08. The van der Waals surface area contributed by atoms with Crippen LogP contribution in [0.2, 0.25) is 0 Å². The van der Waals surface area contributed by atoms with Crippen LogP contribution in [0.1, 0.15) is 26.7 Å². The van der Waals surface area contributed by atoms with E-state index in [1.807, 2.05) is 11.8 Å². The summed E-state index contributed by atoms with van der Waals surface area (Å²) in [7, 11) is 0. The van der Waals surface area contributed by atoms with Crippen LogP contribution in [-0.4, -0.2) is 43.2 Å². The van der Waals surface area contributed by atoms with Gasteiger partial charge < -0.3 is 15.4 Å². The van der Waals surface area contributed by atoms with Crippen molar-refractivity contribution in [1.82, 2.24) is 4.90 Å². The van der Waals surface area contributed by atoms with Crippen LogP contribution in [0.5, 0.6) is 0 Å². The number of nitrogens with two attached hydrogens (primary N) is 1. The minimum atomic E-state index is -0.499. The summed E-state index contributed by atoms with van der Waals surface area (Å²) in [5, 5.41) is 0. The minimum Gasteiger partial charge on any atom is -0.379 e. The van der Waals surface area contributed by atoms with Crippen molar-refractivity contribution in [1.29, 1.82) is 0 Å². The number of amides is 1. The summed E-state index contributed by atoms with van der Waals surface area (Å²) >= 11 is 0. The molecule has 0 aliphatic carbocycles. The molecule has 0 spiro atoms. The van der Waals surface area contributed by atoms with Gasteiger partial charge in [-0.1, -0.05) is 6.92 Å². The molecule has 0 radical (unpaired) electrons. The molecule has 0 saturated carbocycles. The van der Waals surface area contributed by atoms with E-state index in [-0.39, 0.29) is 11.9 Å². The van der Waals surface area contributed by atoms with Gasteiger partial charge in [-0.3, -0.25) is 4.79 Å². The number of carbonyl (C=O) groups is 1. The van der Waals surface area contributed by atoms with Crippen molar-refractivity contribution < 1.29 is 9.53 Å². The Morgan fingerprint density at radius 3 is 2.56 bits per heavy atom. The predicted octanol–water partition coefficient (Wildman–Crippen LogP) is 0.609. The Bertz CT molecular complexity index is 274. The highest BCUT2D eigenvalue weighted by Crippen LogP contribution is 2.31. The molecule has 2 aliphatic heterocycles. The first-order valence-electron chi connectivity index (χ1n) is 6.17. The second kappa shape index (κ2) is 4.34. The fraction of sp³-hybridized carbons (Fsp3) is 0.917. The van der Waals surface area contributed by atoms with Gasteiger partial charge in [0.25, 0.3) is 0 Å². The number of carbonyl (C=O) groups excluding carboxylic acids is 1. The molecule has 2 saturated heterocycles. The Morgan fingerprint density at radius 2 is 2.06 bits per heavy atom. The fourth-order valence-corrected chi connectivity index (χ4v) is 2.48. The zero-order chi connectivity index (χ0) is 11.8. The Kier molecular flexibility index (Phi) is 3.22. The van der Waals surface area contributed by atoms with E-state index >= 15 is 0 Å². The van der Waals surface area contributed by atoms with Gasteiger partial charge in [0.15, 0.2) is 0 Å². The average Bonchev–Trinajstić information content (AvgIpc) is 2.61. The van der Waals surface area contributed by atoms with E-state index in [0.29, 0.717) is 13.2 Å². The van der Waals surface area contributed by atoms with Gasteiger partial charge >= 0.3 is 0 Å². The number of hydrogen-bond donors (Lipinski definition) is 1. The van der Waals surface area contributed by atoms with Crippen molar-refractivity contribution in [2.75, 3.05) is 26.3 Å². The molecule has 0 aromatic rings. The third-order valence-corrected chi connectivity index (χ3v) is 4.08. The smallest absolute Gasteiger partial charge is 0.232 e. The number of rotatable bonds is 1. The Balaban J connectivity index is 2.01. The minimum absolute atomic E-state index is 0.153. The molecule has 2 fully saturated rings. The lowest BCUT2D eigenvalue weighted by atomic mass is 9.83. The van der Waals surface area contributed by atoms with Crippen LogP contribution in [0.25, 0.3) is 0 Å². The maximum Gasteiger partial charge on any atom is 0.232 e. The van der Waals surface area contributed by atoms with Crippen LogP contribution in [0, 0.1) is 11.3 Å². The summed E-state index contributed by atoms with van der Waals surface area (Å²) in [4.78, 5) is 14.4. The fourth-order valence-electron chi connectivity index (χ4n) is 2.48. The first-order chi connectivity index (χ1) is 7.54. The zero-order valence-electron chi connectivity index (χ0n) is 10.2. The van der Waals surface area contributed by atoms with Gasteiger partial charge in [-0.2, -0.15) is 0 Å². The third kappa shape index (κ3) is 1.96. The van der Waals surface area contributed by atoms with Crippen LogP contribution in [0.3, 0.4) is 0 Å². The highest BCUT2D eigenvalue weighted by molar-refractivity contribution is 5.83. The summed E-state index contributed by atoms with van der Waals surface area (Å²) in [6, 6.07) is -0.153. The Hall–Kier alpha value is -0.610. The molecule has 0 bridgehead atoms. The highest BCUT2D eigenvalue weighted by Gasteiger charge is 2.46. The monoisotopic (exact) mass is 226 g/mol. The molecule has 92 valence electrons. The molecule has 2 aliphatic rings. The molecule has 0 aromatic heterocycles. The van der Waals surface area contributed by atoms with Gasteiger partial charge in [-0.05, 0) is 25.7 Å². The lowest BCUT2D eigenvalue weighted by Gasteiger charge is -2.37. The topological polar surface area (TPSA) is 55.6 Å². The number of ether oxygens (including phenoxy) is 1. The number of nitrogens with zero attached hydrogens (tertiary/aromatic N) is 1. The largest absolute Gasteiger partial charge is 0.379 e. The summed E-state index contributed by atoms with van der Waals surface area (Å²) in [6.45, 7) is 6.91. The number of hydrogen-bond acceptors (Lipinski definition) is 3. The SMILES string of the molecule is CC1CCN(C(=O)C2(C)COCC2N)CC1. The normalized spacial score (nSPS) is 36.7. The van der Waals surface area contributed by atoms with Crippen molar-refractivity contribution in [3.63, 3.8) is 0 Å². The first kappa shape index (κ1) is 11.9. The standard InChI is InChI=1S/C12H22N2O2/c1-9-3-5-14(6-4-9)11(15)12(2)8-16-7-10(12)13/h9-10H,3-8,13H2,1-2H3. The second-order valence-corrected chi connectivity index (χ2v) is 5.51. The molecule has 2 rings (SSSR count). The molecule has 2 N–H and O–H groups in total. The Morgan fingerprint density at radius 1 is 1.44 bits per heavy atom. The summed E-state index contributed by atoms with van der Waals surface area (Å²) in [5.41, 5.74) is 5.48. The molecule has 2 heterocycles. The van der Waals surface area contributed by atoms with Crippen molar-refractivity contribution >= 4 is 5.91 Å². The molecule has 16 heavy (non-hydrogen) atoms. The van der Waals surface area contributed by atoms with Crippen molar-refractivity contribution in [2.24, 2.45) is 17.1 Å². The van der Waals surface area contributed by atoms with E-state index in [1.165, 1.54) is 0 Å². The zero-order valence-corrected chi connectivity index (χ0v) is 10.2. The molecule has 4 heteroatoms. The molecular weight excluding hydrogens is 204 g/mol. The number of likely N-dealkylation sites (tertiary alicyclic amines) is 1. The van der Waals surface area contributed by atoms with E-state index in [0.717, 1.165) is 31.8 Å². The van der Waals surface area contributed by atoms with Crippen LogP contribution in [0.4, 0.5) is 0 Å². The quantitative estimate of drug-likeness (QED) is 0.712. The van der Waals surface area contributed by atoms with Gasteiger partial charge in [0, 0.05) is 19.1 Å². The first-order valence-corrected chi connectivity index (χ1v) is 6.17. The van der Waals surface area contributed by atoms with E-state index in [2.05, 4.69) is 6.92 Å². The van der Waals surface area contributed by atoms with E-state index in [1.54, 1.807) is 0 Å². The average molecular weight is 226 g/mol. The van der Waals surface area contributed by atoms with Gasteiger partial charge in [-0.15, -0.1) is 0 Å². The van der Waals surface area contributed by atoms with E-state index in [4.69, 9.17) is 10.5 Å². The van der Waals surface area contributed by atoms with Crippen LogP contribution < -0.4 is 5.73 Å². The van der Waals surface area contributed by atoms with Crippen LogP contribution >= 0.6 is 0 Å². The molecule has 4 nitrogen and oxygen atoms in total. The van der Waals surface area contributed by atoms with Gasteiger partial charge in [0.05, 0.1) is 18.6 Å². The number of piperidine rings is 1. The molecule has 1 amide bonds. The lowest BCUT2D eigenvalue weighted by molar-refractivity contribution is -0.143. The van der Waals surface area contributed by atoms with Crippen molar-refractivity contribution in [2.45, 2.75) is 32.7 Å².